The minimum Gasteiger partial charge on any atom is -0.477 e. The van der Waals surface area contributed by atoms with Crippen molar-refractivity contribution in [3.63, 3.8) is 0 Å². The van der Waals surface area contributed by atoms with Crippen LogP contribution in [0.15, 0.2) is 29.9 Å². The fraction of sp³-hybridized carbons (Fsp3) is 0.333. The van der Waals surface area contributed by atoms with Crippen LogP contribution in [-0.2, 0) is 13.1 Å². The zero-order valence-electron chi connectivity index (χ0n) is 10.1. The number of aromatic carboxylic acids is 1. The first-order valence-corrected chi connectivity index (χ1v) is 6.50. The molecule has 2 rings (SSSR count). The largest absolute Gasteiger partial charge is 0.477 e. The minimum atomic E-state index is -0.847. The van der Waals surface area contributed by atoms with Gasteiger partial charge in [0.15, 0.2) is 0 Å². The molecule has 5 nitrogen and oxygen atoms in total. The first-order valence-electron chi connectivity index (χ1n) is 5.62. The van der Waals surface area contributed by atoms with E-state index < -0.39 is 5.97 Å². The maximum Gasteiger partial charge on any atom is 0.346 e. The molecule has 0 saturated heterocycles. The maximum absolute atomic E-state index is 11.0. The van der Waals surface area contributed by atoms with E-state index in [0.29, 0.717) is 11.4 Å². The highest BCUT2D eigenvalue weighted by Gasteiger charge is 2.12. The van der Waals surface area contributed by atoms with E-state index in [1.807, 2.05) is 35.4 Å². The van der Waals surface area contributed by atoms with Crippen molar-refractivity contribution in [2.24, 2.45) is 0 Å². The molecule has 6 heteroatoms. The molecule has 0 atom stereocenters. The predicted octanol–water partition coefficient (Wildman–Crippen LogP) is 1.77. The van der Waals surface area contributed by atoms with Gasteiger partial charge in [-0.3, -0.25) is 4.68 Å². The molecule has 0 aliphatic rings. The van der Waals surface area contributed by atoms with Crippen molar-refractivity contribution < 1.29 is 9.90 Å². The average Bonchev–Trinajstić information content (AvgIpc) is 2.96. The number of rotatable bonds is 6. The highest BCUT2D eigenvalue weighted by atomic mass is 32.1. The fourth-order valence-corrected chi connectivity index (χ4v) is 2.48. The summed E-state index contributed by atoms with van der Waals surface area (Å²) in [7, 11) is 1.98. The van der Waals surface area contributed by atoms with Crippen LogP contribution in [0.5, 0.6) is 0 Å². The lowest BCUT2D eigenvalue weighted by Gasteiger charge is -2.16. The van der Waals surface area contributed by atoms with Crippen LogP contribution in [0.3, 0.4) is 0 Å². The molecule has 2 aromatic heterocycles. The Morgan fingerprint density at radius 3 is 3.11 bits per heavy atom. The highest BCUT2D eigenvalue weighted by molar-refractivity contribution is 7.12. The Balaban J connectivity index is 1.88. The molecule has 1 N–H and O–H groups in total. The lowest BCUT2D eigenvalue weighted by Crippen LogP contribution is -2.23. The number of likely N-dealkylation sites (N-methyl/N-ethyl adjacent to an activating group) is 1. The summed E-state index contributed by atoms with van der Waals surface area (Å²) in [6.07, 6.45) is 3.67. The van der Waals surface area contributed by atoms with Gasteiger partial charge in [0.05, 0.1) is 6.54 Å². The summed E-state index contributed by atoms with van der Waals surface area (Å²) < 4.78 is 1.86. The van der Waals surface area contributed by atoms with Gasteiger partial charge in [-0.1, -0.05) is 0 Å². The van der Waals surface area contributed by atoms with Gasteiger partial charge in [0.2, 0.25) is 0 Å². The minimum absolute atomic E-state index is 0.431. The van der Waals surface area contributed by atoms with Crippen LogP contribution in [0.4, 0.5) is 0 Å². The summed E-state index contributed by atoms with van der Waals surface area (Å²) in [5, 5.41) is 15.0. The number of carboxylic acid groups (broad SMARTS) is 1. The molecule has 0 fully saturated rings. The second-order valence-electron chi connectivity index (χ2n) is 4.09. The van der Waals surface area contributed by atoms with Crippen LogP contribution in [0.1, 0.15) is 15.2 Å². The quantitative estimate of drug-likeness (QED) is 0.865. The van der Waals surface area contributed by atoms with Crippen LogP contribution < -0.4 is 0 Å². The van der Waals surface area contributed by atoms with Crippen LogP contribution in [0.2, 0.25) is 0 Å². The van der Waals surface area contributed by atoms with Crippen molar-refractivity contribution in [1.82, 2.24) is 14.7 Å². The van der Waals surface area contributed by atoms with Gasteiger partial charge in [-0.2, -0.15) is 5.10 Å². The first kappa shape index (κ1) is 12.8. The lowest BCUT2D eigenvalue weighted by molar-refractivity contribution is 0.0700. The molecule has 18 heavy (non-hydrogen) atoms. The number of aromatic nitrogens is 2. The van der Waals surface area contributed by atoms with E-state index >= 15 is 0 Å². The molecule has 2 aromatic rings. The zero-order chi connectivity index (χ0) is 13.0. The number of carboxylic acids is 1. The standard InChI is InChI=1S/C12H15N3O2S/c1-14(6-7-15-5-2-4-13-15)9-10-3-8-18-11(10)12(16)17/h2-5,8H,6-7,9H2,1H3,(H,16,17). The van der Waals surface area contributed by atoms with E-state index in [2.05, 4.69) is 10.00 Å². The first-order chi connectivity index (χ1) is 8.66. The Kier molecular flexibility index (Phi) is 4.11. The van der Waals surface area contributed by atoms with Gasteiger partial charge in [0.1, 0.15) is 4.88 Å². The van der Waals surface area contributed by atoms with Crippen LogP contribution in [0.25, 0.3) is 0 Å². The SMILES string of the molecule is CN(CCn1cccn1)Cc1ccsc1C(=O)O. The summed E-state index contributed by atoms with van der Waals surface area (Å²) in [6, 6.07) is 3.76. The van der Waals surface area contributed by atoms with E-state index in [1.165, 1.54) is 11.3 Å². The summed E-state index contributed by atoms with van der Waals surface area (Å²) in [4.78, 5) is 13.5. The molecule has 2 heterocycles. The van der Waals surface area contributed by atoms with Gasteiger partial charge in [0.25, 0.3) is 0 Å². The van der Waals surface area contributed by atoms with Crippen molar-refractivity contribution in [2.45, 2.75) is 13.1 Å². The Morgan fingerprint density at radius 2 is 2.44 bits per heavy atom. The fourth-order valence-electron chi connectivity index (χ4n) is 1.72. The van der Waals surface area contributed by atoms with Gasteiger partial charge in [0, 0.05) is 25.5 Å². The zero-order valence-corrected chi connectivity index (χ0v) is 10.9. The normalized spacial score (nSPS) is 11.0. The van der Waals surface area contributed by atoms with E-state index in [9.17, 15) is 4.79 Å². The van der Waals surface area contributed by atoms with Crippen LogP contribution >= 0.6 is 11.3 Å². The molecule has 96 valence electrons. The summed E-state index contributed by atoms with van der Waals surface area (Å²) in [5.74, 6) is -0.847. The molecule has 0 saturated carbocycles. The smallest absolute Gasteiger partial charge is 0.346 e. The lowest BCUT2D eigenvalue weighted by atomic mass is 10.2. The average molecular weight is 265 g/mol. The van der Waals surface area contributed by atoms with Crippen molar-refractivity contribution in [2.75, 3.05) is 13.6 Å². The van der Waals surface area contributed by atoms with Gasteiger partial charge < -0.3 is 10.0 Å². The van der Waals surface area contributed by atoms with Gasteiger partial charge in [-0.25, -0.2) is 4.79 Å². The number of thiophene rings is 1. The summed E-state index contributed by atoms with van der Waals surface area (Å²) in [6.45, 7) is 2.28. The van der Waals surface area contributed by atoms with E-state index in [4.69, 9.17) is 5.11 Å². The number of carbonyl (C=O) groups is 1. The van der Waals surface area contributed by atoms with Gasteiger partial charge >= 0.3 is 5.97 Å². The number of hydrogen-bond donors (Lipinski definition) is 1. The maximum atomic E-state index is 11.0. The van der Waals surface area contributed by atoms with Crippen LogP contribution in [0, 0.1) is 0 Å². The van der Waals surface area contributed by atoms with Crippen molar-refractivity contribution >= 4 is 17.3 Å². The summed E-state index contributed by atoms with van der Waals surface area (Å²) >= 11 is 1.27. The van der Waals surface area contributed by atoms with Gasteiger partial charge in [-0.15, -0.1) is 11.3 Å². The Hall–Kier alpha value is -1.66. The van der Waals surface area contributed by atoms with Crippen LogP contribution in [-0.4, -0.2) is 39.3 Å². The predicted molar refractivity (Wildman–Crippen MR) is 69.8 cm³/mol. The molecule has 0 spiro atoms. The second kappa shape index (κ2) is 5.79. The monoisotopic (exact) mass is 265 g/mol. The molecule has 0 aliphatic carbocycles. The second-order valence-corrected chi connectivity index (χ2v) is 5.00. The summed E-state index contributed by atoms with van der Waals surface area (Å²) in [5.41, 5.74) is 0.871. The Morgan fingerprint density at radius 1 is 1.61 bits per heavy atom. The Labute approximate surface area is 109 Å². The van der Waals surface area contributed by atoms with E-state index in [-0.39, 0.29) is 0 Å². The van der Waals surface area contributed by atoms with Crippen molar-refractivity contribution in [3.05, 3.63) is 40.3 Å². The number of hydrogen-bond acceptors (Lipinski definition) is 4. The van der Waals surface area contributed by atoms with E-state index in [0.717, 1.165) is 18.7 Å². The van der Waals surface area contributed by atoms with E-state index in [1.54, 1.807) is 6.20 Å². The molecule has 0 amide bonds. The van der Waals surface area contributed by atoms with Gasteiger partial charge in [-0.05, 0) is 30.1 Å². The molecule has 0 radical (unpaired) electrons. The van der Waals surface area contributed by atoms with Crippen molar-refractivity contribution in [1.29, 1.82) is 0 Å². The van der Waals surface area contributed by atoms with Crippen molar-refractivity contribution in [3.8, 4) is 0 Å². The molecular formula is C12H15N3O2S. The molecule has 0 bridgehead atoms. The third kappa shape index (κ3) is 3.18. The highest BCUT2D eigenvalue weighted by Crippen LogP contribution is 2.18. The molecule has 0 aromatic carbocycles. The Bertz CT molecular complexity index is 507. The topological polar surface area (TPSA) is 58.4 Å². The molecular weight excluding hydrogens is 250 g/mol. The third-order valence-electron chi connectivity index (χ3n) is 2.65. The third-order valence-corrected chi connectivity index (χ3v) is 3.60. The molecule has 0 unspecified atom stereocenters. The molecule has 0 aliphatic heterocycles. The number of nitrogens with zero attached hydrogens (tertiary/aromatic N) is 3.